The van der Waals surface area contributed by atoms with Crippen LogP contribution in [0.1, 0.15) is 27.9 Å². The minimum Gasteiger partial charge on any atom is -0.322 e. The highest BCUT2D eigenvalue weighted by Crippen LogP contribution is 2.74. The number of aryl methyl sites for hydroxylation is 2. The van der Waals surface area contributed by atoms with Gasteiger partial charge in [0, 0.05) is 11.3 Å². The third-order valence-corrected chi connectivity index (χ3v) is 11.2. The highest BCUT2D eigenvalue weighted by atomic mass is 31.2. The molecule has 0 fully saturated rings. The fourth-order valence-corrected chi connectivity index (χ4v) is 9.91. The normalized spacial score (nSPS) is 15.6. The molecule has 4 heteroatoms. The summed E-state index contributed by atoms with van der Waals surface area (Å²) in [4.78, 5) is 14.0. The summed E-state index contributed by atoms with van der Waals surface area (Å²) in [5.74, 6) is 0.00523. The van der Waals surface area contributed by atoms with Crippen LogP contribution in [-0.4, -0.2) is 5.91 Å². The van der Waals surface area contributed by atoms with Crippen molar-refractivity contribution in [2.75, 3.05) is 5.32 Å². The van der Waals surface area contributed by atoms with E-state index >= 15 is 0 Å². The molecule has 1 amide bonds. The summed E-state index contributed by atoms with van der Waals surface area (Å²) in [7, 11) is -2.18. The van der Waals surface area contributed by atoms with Crippen molar-refractivity contribution >= 4 is 34.8 Å². The monoisotopic (exact) mass is 447 g/mol. The summed E-state index contributed by atoms with van der Waals surface area (Å²) >= 11 is 0. The third-order valence-electron chi connectivity index (χ3n) is 6.48. The SMILES string of the molecule is Cc1cc(C#N)cc(C)c1NC(=O)C1c2ccccc2[P+]1(c1ccccc1)c1ccccc1. The lowest BCUT2D eigenvalue weighted by Crippen LogP contribution is -2.49. The van der Waals surface area contributed by atoms with Crippen molar-refractivity contribution in [3.63, 3.8) is 0 Å². The summed E-state index contributed by atoms with van der Waals surface area (Å²) in [5, 5.41) is 16.2. The lowest BCUT2D eigenvalue weighted by molar-refractivity contribution is -0.116. The maximum absolute atomic E-state index is 14.0. The molecule has 4 aromatic rings. The van der Waals surface area contributed by atoms with Crippen molar-refractivity contribution in [2.24, 2.45) is 0 Å². The zero-order valence-corrected chi connectivity index (χ0v) is 19.5. The van der Waals surface area contributed by atoms with Crippen LogP contribution in [-0.2, 0) is 4.79 Å². The van der Waals surface area contributed by atoms with E-state index in [1.807, 2.05) is 44.2 Å². The number of benzene rings is 4. The second-order valence-corrected chi connectivity index (χ2v) is 11.9. The first-order chi connectivity index (χ1) is 16.1. The molecule has 1 N–H and O–H groups in total. The van der Waals surface area contributed by atoms with E-state index in [1.54, 1.807) is 0 Å². The number of nitrogens with zero attached hydrogens (tertiary/aromatic N) is 1. The van der Waals surface area contributed by atoms with Crippen molar-refractivity contribution in [1.29, 1.82) is 5.26 Å². The average Bonchev–Trinajstić information content (AvgIpc) is 2.83. The van der Waals surface area contributed by atoms with Crippen molar-refractivity contribution in [3.8, 4) is 6.07 Å². The number of anilines is 1. The molecule has 0 aliphatic carbocycles. The number of carbonyl (C=O) groups is 1. The van der Waals surface area contributed by atoms with E-state index in [0.29, 0.717) is 5.56 Å². The minimum atomic E-state index is -2.18. The maximum Gasteiger partial charge on any atom is 0.271 e. The molecular formula is C29H24N2OP+. The van der Waals surface area contributed by atoms with Gasteiger partial charge in [0.1, 0.15) is 23.2 Å². The Morgan fingerprint density at radius 2 is 1.33 bits per heavy atom. The fraction of sp³-hybridized carbons (Fsp3) is 0.103. The first-order valence-electron chi connectivity index (χ1n) is 11.0. The molecule has 0 spiro atoms. The number of fused-ring (bicyclic) bond motifs is 1. The number of nitriles is 1. The highest BCUT2D eigenvalue weighted by Gasteiger charge is 2.66. The van der Waals surface area contributed by atoms with E-state index in [1.165, 1.54) is 15.9 Å². The Hall–Kier alpha value is -3.73. The summed E-state index contributed by atoms with van der Waals surface area (Å²) in [5.41, 5.74) is 4.02. The minimum absolute atomic E-state index is 0.00523. The molecule has 0 aromatic heterocycles. The summed E-state index contributed by atoms with van der Waals surface area (Å²) < 4.78 is 0. The first-order valence-corrected chi connectivity index (χ1v) is 12.8. The molecule has 5 rings (SSSR count). The molecule has 1 aliphatic rings. The number of hydrogen-bond donors (Lipinski definition) is 1. The van der Waals surface area contributed by atoms with Gasteiger partial charge in [-0.3, -0.25) is 4.79 Å². The van der Waals surface area contributed by atoms with Crippen LogP contribution in [0.4, 0.5) is 5.69 Å². The molecular weight excluding hydrogens is 423 g/mol. The molecule has 1 aliphatic heterocycles. The van der Waals surface area contributed by atoms with Crippen LogP contribution in [0.2, 0.25) is 0 Å². The lowest BCUT2D eigenvalue weighted by Gasteiger charge is -2.42. The topological polar surface area (TPSA) is 52.9 Å². The molecule has 1 atom stereocenters. The van der Waals surface area contributed by atoms with Gasteiger partial charge in [0.2, 0.25) is 0 Å². The number of rotatable bonds is 4. The molecule has 33 heavy (non-hydrogen) atoms. The van der Waals surface area contributed by atoms with Gasteiger partial charge in [-0.2, -0.15) is 5.26 Å². The largest absolute Gasteiger partial charge is 0.322 e. The van der Waals surface area contributed by atoms with Gasteiger partial charge in [-0.15, -0.1) is 0 Å². The number of carbonyl (C=O) groups excluding carboxylic acids is 1. The maximum atomic E-state index is 14.0. The quantitative estimate of drug-likeness (QED) is 0.439. The second kappa shape index (κ2) is 8.32. The second-order valence-electron chi connectivity index (χ2n) is 8.44. The number of amides is 1. The Morgan fingerprint density at radius 3 is 1.88 bits per heavy atom. The summed E-state index contributed by atoms with van der Waals surface area (Å²) in [6.07, 6.45) is 0. The van der Waals surface area contributed by atoms with E-state index in [4.69, 9.17) is 0 Å². The number of nitrogens with one attached hydrogen (secondary N) is 1. The third kappa shape index (κ3) is 3.27. The van der Waals surface area contributed by atoms with Gasteiger partial charge in [0.25, 0.3) is 5.91 Å². The summed E-state index contributed by atoms with van der Waals surface area (Å²) in [6.45, 7) is 3.88. The van der Waals surface area contributed by atoms with Crippen molar-refractivity contribution in [2.45, 2.75) is 19.5 Å². The molecule has 0 bridgehead atoms. The standard InChI is InChI=1S/C29H23N2OP/c1-20-17-22(19-30)18-21(2)27(20)31-29(32)28-25-15-9-10-16-26(25)33(28,23-11-5-3-6-12-23)24-13-7-4-8-14-24/h3-18,28H,1-2H3/p+1. The number of hydrogen-bond acceptors (Lipinski definition) is 2. The van der Waals surface area contributed by atoms with E-state index < -0.39 is 7.26 Å². The lowest BCUT2D eigenvalue weighted by atomic mass is 10.0. The molecule has 0 saturated heterocycles. The van der Waals surface area contributed by atoms with Gasteiger partial charge >= 0.3 is 0 Å². The van der Waals surface area contributed by atoms with Gasteiger partial charge in [0.15, 0.2) is 5.66 Å². The Balaban J connectivity index is 1.68. The Labute approximate surface area is 195 Å². The Bertz CT molecular complexity index is 1330. The molecule has 0 radical (unpaired) electrons. The molecule has 3 nitrogen and oxygen atoms in total. The van der Waals surface area contributed by atoms with Gasteiger partial charge < -0.3 is 5.32 Å². The summed E-state index contributed by atoms with van der Waals surface area (Å²) in [6, 6.07) is 35.1. The predicted octanol–water partition coefficient (Wildman–Crippen LogP) is 5.16. The van der Waals surface area contributed by atoms with Gasteiger partial charge in [-0.25, -0.2) is 0 Å². The van der Waals surface area contributed by atoms with Gasteiger partial charge in [-0.05, 0) is 67.4 Å². The van der Waals surface area contributed by atoms with Crippen LogP contribution in [0, 0.1) is 25.2 Å². The Kier molecular flexibility index (Phi) is 5.33. The van der Waals surface area contributed by atoms with E-state index in [0.717, 1.165) is 22.4 Å². The molecule has 160 valence electrons. The van der Waals surface area contributed by atoms with Crippen molar-refractivity contribution < 1.29 is 4.79 Å². The van der Waals surface area contributed by atoms with E-state index in [2.05, 4.69) is 78.1 Å². The van der Waals surface area contributed by atoms with E-state index in [9.17, 15) is 10.1 Å². The van der Waals surface area contributed by atoms with Crippen LogP contribution >= 0.6 is 7.26 Å². The molecule has 4 aromatic carbocycles. The van der Waals surface area contributed by atoms with Crippen LogP contribution in [0.5, 0.6) is 0 Å². The molecule has 0 saturated carbocycles. The van der Waals surface area contributed by atoms with Gasteiger partial charge in [-0.1, -0.05) is 54.6 Å². The molecule has 1 unspecified atom stereocenters. The van der Waals surface area contributed by atoms with Gasteiger partial charge in [0.05, 0.1) is 11.6 Å². The van der Waals surface area contributed by atoms with Crippen molar-refractivity contribution in [1.82, 2.24) is 0 Å². The first kappa shape index (κ1) is 21.1. The highest BCUT2D eigenvalue weighted by molar-refractivity contribution is 7.98. The zero-order valence-electron chi connectivity index (χ0n) is 18.6. The Morgan fingerprint density at radius 1 is 0.818 bits per heavy atom. The predicted molar refractivity (Wildman–Crippen MR) is 137 cm³/mol. The van der Waals surface area contributed by atoms with Crippen LogP contribution in [0.3, 0.4) is 0 Å². The van der Waals surface area contributed by atoms with E-state index in [-0.39, 0.29) is 11.6 Å². The van der Waals surface area contributed by atoms with Crippen LogP contribution in [0.25, 0.3) is 0 Å². The molecule has 1 heterocycles. The zero-order chi connectivity index (χ0) is 23.0. The smallest absolute Gasteiger partial charge is 0.271 e. The van der Waals surface area contributed by atoms with Crippen LogP contribution < -0.4 is 21.2 Å². The van der Waals surface area contributed by atoms with Crippen molar-refractivity contribution in [3.05, 3.63) is 119 Å². The fourth-order valence-electron chi connectivity index (χ4n) is 5.11. The average molecular weight is 447 g/mol. The van der Waals surface area contributed by atoms with Crippen LogP contribution in [0.15, 0.2) is 97.1 Å².